The van der Waals surface area contributed by atoms with Gasteiger partial charge in [0.2, 0.25) is 0 Å². The van der Waals surface area contributed by atoms with Crippen molar-refractivity contribution in [1.29, 1.82) is 0 Å². The van der Waals surface area contributed by atoms with Gasteiger partial charge in [0.1, 0.15) is 5.60 Å². The predicted octanol–water partition coefficient (Wildman–Crippen LogP) is 3.03. The Balaban J connectivity index is 1.62. The molecular formula is C23H26N2O3. The van der Waals surface area contributed by atoms with Crippen molar-refractivity contribution in [2.45, 2.75) is 45.0 Å². The molecule has 1 N–H and O–H groups in total. The lowest BCUT2D eigenvalue weighted by Gasteiger charge is -2.32. The molecule has 28 heavy (non-hydrogen) atoms. The van der Waals surface area contributed by atoms with Gasteiger partial charge in [-0.25, -0.2) is 0 Å². The molecule has 5 nitrogen and oxygen atoms in total. The number of amides is 1. The maximum Gasteiger partial charge on any atom is 0.253 e. The Hall–Kier alpha value is -2.68. The van der Waals surface area contributed by atoms with Crippen LogP contribution in [0.15, 0.2) is 48.8 Å². The van der Waals surface area contributed by atoms with Crippen molar-refractivity contribution < 1.29 is 14.6 Å². The first-order valence-electron chi connectivity index (χ1n) is 9.56. The second-order valence-corrected chi connectivity index (χ2v) is 7.58. The van der Waals surface area contributed by atoms with Gasteiger partial charge in [0, 0.05) is 36.6 Å². The minimum atomic E-state index is -1.06. The average Bonchev–Trinajstić information content (AvgIpc) is 2.71. The molecule has 0 spiro atoms. The Morgan fingerprint density at radius 2 is 2.21 bits per heavy atom. The zero-order valence-electron chi connectivity index (χ0n) is 16.4. The number of aliphatic hydroxyl groups is 1. The lowest BCUT2D eigenvalue weighted by molar-refractivity contribution is -0.00681. The van der Waals surface area contributed by atoms with E-state index in [1.165, 1.54) is 0 Å². The Morgan fingerprint density at radius 1 is 1.36 bits per heavy atom. The fraction of sp³-hybridized carbons (Fsp3) is 0.391. The van der Waals surface area contributed by atoms with Gasteiger partial charge in [0.25, 0.3) is 5.91 Å². The highest BCUT2D eigenvalue weighted by Crippen LogP contribution is 2.18. The summed E-state index contributed by atoms with van der Waals surface area (Å²) in [6, 6.07) is 11.1. The number of carbonyl (C=O) groups is 1. The van der Waals surface area contributed by atoms with Gasteiger partial charge in [-0.1, -0.05) is 24.0 Å². The van der Waals surface area contributed by atoms with Crippen molar-refractivity contribution in [2.24, 2.45) is 0 Å². The second-order valence-electron chi connectivity index (χ2n) is 7.58. The van der Waals surface area contributed by atoms with Crippen LogP contribution in [0, 0.1) is 11.8 Å². The van der Waals surface area contributed by atoms with Crippen LogP contribution in [-0.2, 0) is 11.3 Å². The summed E-state index contributed by atoms with van der Waals surface area (Å²) in [7, 11) is 0. The molecule has 3 rings (SSSR count). The van der Waals surface area contributed by atoms with E-state index >= 15 is 0 Å². The van der Waals surface area contributed by atoms with Crippen LogP contribution in [0.1, 0.15) is 48.2 Å². The number of benzene rings is 1. The largest absolute Gasteiger partial charge is 0.378 e. The van der Waals surface area contributed by atoms with Crippen molar-refractivity contribution in [3.8, 4) is 11.8 Å². The zero-order chi connectivity index (χ0) is 20.0. The molecule has 0 aliphatic carbocycles. The van der Waals surface area contributed by atoms with Crippen molar-refractivity contribution >= 4 is 5.91 Å². The van der Waals surface area contributed by atoms with Crippen molar-refractivity contribution in [2.75, 3.05) is 13.1 Å². The predicted molar refractivity (Wildman–Crippen MR) is 108 cm³/mol. The van der Waals surface area contributed by atoms with Crippen LogP contribution in [0.2, 0.25) is 0 Å². The number of aromatic nitrogens is 1. The summed E-state index contributed by atoms with van der Waals surface area (Å²) in [4.78, 5) is 18.9. The van der Waals surface area contributed by atoms with Gasteiger partial charge < -0.3 is 14.7 Å². The Labute approximate surface area is 166 Å². The molecule has 1 atom stereocenters. The standard InChI is InChI=1S/C23H26N2O3/c1-23(2,27)11-10-18-6-3-8-20(14-18)22(26)25-13-5-9-21(16-25)28-17-19-7-4-12-24-15-19/h3-4,6-8,12,14-15,21,27H,5,9,13,16-17H2,1-2H3/t21-/m0/s1. The van der Waals surface area contributed by atoms with E-state index in [4.69, 9.17) is 4.74 Å². The van der Waals surface area contributed by atoms with Crippen molar-refractivity contribution in [1.82, 2.24) is 9.88 Å². The van der Waals surface area contributed by atoms with Crippen LogP contribution in [-0.4, -0.2) is 45.7 Å². The number of hydrogen-bond acceptors (Lipinski definition) is 4. The fourth-order valence-electron chi connectivity index (χ4n) is 3.09. The number of likely N-dealkylation sites (tertiary alicyclic amines) is 1. The van der Waals surface area contributed by atoms with Gasteiger partial charge in [-0.05, 0) is 56.5 Å². The van der Waals surface area contributed by atoms with Gasteiger partial charge in [-0.3, -0.25) is 9.78 Å². The van der Waals surface area contributed by atoms with E-state index in [-0.39, 0.29) is 12.0 Å². The molecule has 2 aromatic rings. The van der Waals surface area contributed by atoms with Crippen LogP contribution >= 0.6 is 0 Å². The molecule has 1 saturated heterocycles. The van der Waals surface area contributed by atoms with E-state index in [0.29, 0.717) is 18.7 Å². The highest BCUT2D eigenvalue weighted by atomic mass is 16.5. The monoisotopic (exact) mass is 378 g/mol. The molecule has 1 aromatic heterocycles. The summed E-state index contributed by atoms with van der Waals surface area (Å²) < 4.78 is 6.00. The molecule has 5 heteroatoms. The van der Waals surface area contributed by atoms with Crippen molar-refractivity contribution in [3.05, 3.63) is 65.5 Å². The van der Waals surface area contributed by atoms with Crippen LogP contribution in [0.25, 0.3) is 0 Å². The second kappa shape index (κ2) is 9.01. The quantitative estimate of drug-likeness (QED) is 0.831. The van der Waals surface area contributed by atoms with E-state index in [1.807, 2.05) is 29.2 Å². The minimum absolute atomic E-state index is 0.0124. The van der Waals surface area contributed by atoms with Gasteiger partial charge in [-0.15, -0.1) is 0 Å². The average molecular weight is 378 g/mol. The number of piperidine rings is 1. The van der Waals surface area contributed by atoms with E-state index < -0.39 is 5.60 Å². The molecule has 2 heterocycles. The lowest BCUT2D eigenvalue weighted by atomic mass is 10.0. The Kier molecular flexibility index (Phi) is 6.45. The molecule has 1 aliphatic heterocycles. The number of rotatable bonds is 4. The topological polar surface area (TPSA) is 62.7 Å². The molecule has 0 unspecified atom stereocenters. The molecule has 1 aliphatic rings. The smallest absolute Gasteiger partial charge is 0.253 e. The van der Waals surface area contributed by atoms with Gasteiger partial charge in [-0.2, -0.15) is 0 Å². The lowest BCUT2D eigenvalue weighted by Crippen LogP contribution is -2.43. The highest BCUT2D eigenvalue weighted by molar-refractivity contribution is 5.94. The fourth-order valence-corrected chi connectivity index (χ4v) is 3.09. The summed E-state index contributed by atoms with van der Waals surface area (Å²) in [5.41, 5.74) is 1.29. The maximum atomic E-state index is 12.9. The first kappa shape index (κ1) is 20.1. The third-order valence-corrected chi connectivity index (χ3v) is 4.50. The summed E-state index contributed by atoms with van der Waals surface area (Å²) in [5, 5.41) is 9.76. The molecule has 1 amide bonds. The summed E-state index contributed by atoms with van der Waals surface area (Å²) >= 11 is 0. The van der Waals surface area contributed by atoms with Gasteiger partial charge >= 0.3 is 0 Å². The number of carbonyl (C=O) groups excluding carboxylic acids is 1. The van der Waals surface area contributed by atoms with Gasteiger partial charge in [0.15, 0.2) is 0 Å². The Bertz CT molecular complexity index is 863. The number of pyridine rings is 1. The first-order chi connectivity index (χ1) is 13.4. The van der Waals surface area contributed by atoms with E-state index in [1.54, 1.807) is 38.4 Å². The van der Waals surface area contributed by atoms with Crippen LogP contribution in [0.3, 0.4) is 0 Å². The molecule has 1 fully saturated rings. The summed E-state index contributed by atoms with van der Waals surface area (Å²) in [6.07, 6.45) is 5.43. The van der Waals surface area contributed by atoms with E-state index in [0.717, 1.165) is 30.5 Å². The normalized spacial score (nSPS) is 17.0. The van der Waals surface area contributed by atoms with E-state index in [9.17, 15) is 9.90 Å². The number of nitrogens with zero attached hydrogens (tertiary/aromatic N) is 2. The highest BCUT2D eigenvalue weighted by Gasteiger charge is 2.25. The molecular weight excluding hydrogens is 352 g/mol. The van der Waals surface area contributed by atoms with Crippen LogP contribution < -0.4 is 0 Å². The van der Waals surface area contributed by atoms with E-state index in [2.05, 4.69) is 16.8 Å². The maximum absolute atomic E-state index is 12.9. The molecule has 0 radical (unpaired) electrons. The number of ether oxygens (including phenoxy) is 1. The summed E-state index contributed by atoms with van der Waals surface area (Å²) in [6.45, 7) is 5.08. The molecule has 146 valence electrons. The van der Waals surface area contributed by atoms with Crippen molar-refractivity contribution in [3.63, 3.8) is 0 Å². The summed E-state index contributed by atoms with van der Waals surface area (Å²) in [5.74, 6) is 5.70. The third-order valence-electron chi connectivity index (χ3n) is 4.50. The third kappa shape index (κ3) is 5.91. The SMILES string of the molecule is CC(C)(O)C#Cc1cccc(C(=O)N2CCC[C@H](OCc3cccnc3)C2)c1. The molecule has 0 saturated carbocycles. The van der Waals surface area contributed by atoms with Gasteiger partial charge in [0.05, 0.1) is 12.7 Å². The first-order valence-corrected chi connectivity index (χ1v) is 9.56. The molecule has 0 bridgehead atoms. The zero-order valence-corrected chi connectivity index (χ0v) is 16.4. The number of hydrogen-bond donors (Lipinski definition) is 1. The van der Waals surface area contributed by atoms with Crippen LogP contribution in [0.5, 0.6) is 0 Å². The molecule has 1 aromatic carbocycles. The minimum Gasteiger partial charge on any atom is -0.378 e. The van der Waals surface area contributed by atoms with Crippen LogP contribution in [0.4, 0.5) is 0 Å². The Morgan fingerprint density at radius 3 is 2.96 bits per heavy atom.